The predicted octanol–water partition coefficient (Wildman–Crippen LogP) is 0.853. The van der Waals surface area contributed by atoms with Crippen LogP contribution in [0.15, 0.2) is 0 Å². The van der Waals surface area contributed by atoms with Crippen molar-refractivity contribution in [1.29, 1.82) is 0 Å². The van der Waals surface area contributed by atoms with Crippen LogP contribution in [0.1, 0.15) is 33.1 Å². The summed E-state index contributed by atoms with van der Waals surface area (Å²) in [5, 5.41) is 11.5. The van der Waals surface area contributed by atoms with E-state index in [1.807, 2.05) is 14.1 Å². The van der Waals surface area contributed by atoms with Gasteiger partial charge in [0.15, 0.2) is 0 Å². The minimum absolute atomic E-state index is 0.0836. The highest BCUT2D eigenvalue weighted by Gasteiger charge is 2.19. The molecule has 96 valence electrons. The van der Waals surface area contributed by atoms with E-state index >= 15 is 0 Å². The molecule has 4 heteroatoms. The lowest BCUT2D eigenvalue weighted by Gasteiger charge is -2.28. The zero-order chi connectivity index (χ0) is 12.6. The number of nitrogens with zero attached hydrogens (tertiary/aromatic N) is 1. The van der Waals surface area contributed by atoms with Gasteiger partial charge in [-0.15, -0.1) is 0 Å². The van der Waals surface area contributed by atoms with Crippen LogP contribution in [0.5, 0.6) is 0 Å². The Morgan fingerprint density at radius 3 is 2.44 bits per heavy atom. The van der Waals surface area contributed by atoms with Gasteiger partial charge in [-0.3, -0.25) is 4.79 Å². The van der Waals surface area contributed by atoms with Crippen LogP contribution in [0.4, 0.5) is 0 Å². The van der Waals surface area contributed by atoms with Gasteiger partial charge in [-0.2, -0.15) is 0 Å². The number of unbranched alkanes of at least 4 members (excludes halogenated alkanes) is 1. The molecule has 0 spiro atoms. The summed E-state index contributed by atoms with van der Waals surface area (Å²) in [5.41, 5.74) is 0.0934. The smallest absolute Gasteiger partial charge is 0.220 e. The fourth-order valence-corrected chi connectivity index (χ4v) is 1.74. The van der Waals surface area contributed by atoms with Crippen molar-refractivity contribution in [1.82, 2.24) is 10.2 Å². The summed E-state index contributed by atoms with van der Waals surface area (Å²) >= 11 is 0. The van der Waals surface area contributed by atoms with E-state index in [9.17, 15) is 4.79 Å². The number of nitrogens with one attached hydrogen (secondary N) is 1. The molecule has 0 rings (SSSR count). The van der Waals surface area contributed by atoms with E-state index in [-0.39, 0.29) is 17.9 Å². The van der Waals surface area contributed by atoms with Crippen LogP contribution in [0.3, 0.4) is 0 Å². The fourth-order valence-electron chi connectivity index (χ4n) is 1.74. The Morgan fingerprint density at radius 2 is 1.94 bits per heavy atom. The summed E-state index contributed by atoms with van der Waals surface area (Å²) in [6, 6.07) is 0. The average Bonchev–Trinajstić information content (AvgIpc) is 2.13. The maximum Gasteiger partial charge on any atom is 0.220 e. The number of carbonyl (C=O) groups is 1. The lowest BCUT2D eigenvalue weighted by molar-refractivity contribution is -0.121. The first-order chi connectivity index (χ1) is 7.37. The van der Waals surface area contributed by atoms with Crippen molar-refractivity contribution in [2.24, 2.45) is 5.41 Å². The van der Waals surface area contributed by atoms with Gasteiger partial charge in [0.2, 0.25) is 5.91 Å². The molecule has 0 aromatic rings. The summed E-state index contributed by atoms with van der Waals surface area (Å²) in [5.74, 6) is 0.0836. The topological polar surface area (TPSA) is 52.6 Å². The number of hydrogen-bond acceptors (Lipinski definition) is 3. The molecular formula is C12H26N2O2. The summed E-state index contributed by atoms with van der Waals surface area (Å²) in [6.45, 7) is 6.09. The molecule has 0 saturated carbocycles. The molecule has 0 unspecified atom stereocenters. The summed E-state index contributed by atoms with van der Waals surface area (Å²) in [6.07, 6.45) is 1.98. The molecule has 16 heavy (non-hydrogen) atoms. The lowest BCUT2D eigenvalue weighted by atomic mass is 9.93. The van der Waals surface area contributed by atoms with E-state index in [1.54, 1.807) is 0 Å². The molecule has 0 aromatic carbocycles. The van der Waals surface area contributed by atoms with Crippen molar-refractivity contribution in [2.75, 3.05) is 33.8 Å². The molecule has 0 fully saturated rings. The molecule has 1 amide bonds. The maximum atomic E-state index is 11.4. The number of aliphatic hydroxyl groups excluding tert-OH is 1. The fraction of sp³-hybridized carbons (Fsp3) is 0.917. The van der Waals surface area contributed by atoms with Crippen LogP contribution in [0, 0.1) is 5.41 Å². The normalized spacial score (nSPS) is 11.9. The van der Waals surface area contributed by atoms with Crippen LogP contribution in [-0.2, 0) is 4.79 Å². The van der Waals surface area contributed by atoms with Gasteiger partial charge >= 0.3 is 0 Å². The highest BCUT2D eigenvalue weighted by molar-refractivity contribution is 5.75. The zero-order valence-electron chi connectivity index (χ0n) is 11.0. The monoisotopic (exact) mass is 230 g/mol. The van der Waals surface area contributed by atoms with Crippen LogP contribution >= 0.6 is 0 Å². The maximum absolute atomic E-state index is 11.4. The lowest BCUT2D eigenvalue weighted by Crippen LogP contribution is -2.39. The van der Waals surface area contributed by atoms with Crippen molar-refractivity contribution >= 4 is 5.91 Å². The van der Waals surface area contributed by atoms with Crippen molar-refractivity contribution < 1.29 is 9.90 Å². The highest BCUT2D eigenvalue weighted by Crippen LogP contribution is 2.14. The Hall–Kier alpha value is -0.610. The molecular weight excluding hydrogens is 204 g/mol. The van der Waals surface area contributed by atoms with E-state index in [0.717, 1.165) is 13.0 Å². The summed E-state index contributed by atoms with van der Waals surface area (Å²) in [4.78, 5) is 13.6. The number of aliphatic hydroxyl groups is 1. The third kappa shape index (κ3) is 8.68. The largest absolute Gasteiger partial charge is 0.396 e. The van der Waals surface area contributed by atoms with Gasteiger partial charge < -0.3 is 15.3 Å². The van der Waals surface area contributed by atoms with Crippen molar-refractivity contribution in [2.45, 2.75) is 33.1 Å². The van der Waals surface area contributed by atoms with Crippen LogP contribution in [0.2, 0.25) is 0 Å². The second-order valence-electron chi connectivity index (χ2n) is 5.36. The van der Waals surface area contributed by atoms with E-state index < -0.39 is 0 Å². The minimum Gasteiger partial charge on any atom is -0.396 e. The Kier molecular flexibility index (Phi) is 7.34. The Bertz CT molecular complexity index is 203. The zero-order valence-corrected chi connectivity index (χ0v) is 11.0. The second-order valence-corrected chi connectivity index (χ2v) is 5.36. The van der Waals surface area contributed by atoms with Crippen LogP contribution in [0.25, 0.3) is 0 Å². The SMILES string of the molecule is CN(C)CC(C)(C)CNC(=O)CCCCO. The van der Waals surface area contributed by atoms with Crippen molar-refractivity contribution in [3.8, 4) is 0 Å². The van der Waals surface area contributed by atoms with Crippen molar-refractivity contribution in [3.05, 3.63) is 0 Å². The van der Waals surface area contributed by atoms with E-state index in [4.69, 9.17) is 5.11 Å². The summed E-state index contributed by atoms with van der Waals surface area (Å²) < 4.78 is 0. The number of carbonyl (C=O) groups excluding carboxylic acids is 1. The third-order valence-corrected chi connectivity index (χ3v) is 2.32. The molecule has 0 aliphatic heterocycles. The van der Waals surface area contributed by atoms with E-state index in [0.29, 0.717) is 19.4 Å². The molecule has 0 aromatic heterocycles. The number of rotatable bonds is 8. The molecule has 0 aliphatic rings. The second kappa shape index (κ2) is 7.63. The molecule has 0 atom stereocenters. The molecule has 0 bridgehead atoms. The van der Waals surface area contributed by atoms with Gasteiger partial charge in [0, 0.05) is 26.1 Å². The van der Waals surface area contributed by atoms with Gasteiger partial charge in [-0.1, -0.05) is 13.8 Å². The minimum atomic E-state index is 0.0836. The number of hydrogen-bond donors (Lipinski definition) is 2. The summed E-state index contributed by atoms with van der Waals surface area (Å²) in [7, 11) is 4.07. The standard InChI is InChI=1S/C12H26N2O2/c1-12(2,10-14(3)4)9-13-11(16)7-5-6-8-15/h15H,5-10H2,1-4H3,(H,13,16). The van der Waals surface area contributed by atoms with Gasteiger partial charge in [-0.25, -0.2) is 0 Å². The Balaban J connectivity index is 3.72. The Morgan fingerprint density at radius 1 is 1.31 bits per heavy atom. The molecule has 0 aliphatic carbocycles. The molecule has 0 saturated heterocycles. The Labute approximate surface area is 99.0 Å². The van der Waals surface area contributed by atoms with Gasteiger partial charge in [0.25, 0.3) is 0 Å². The van der Waals surface area contributed by atoms with Crippen LogP contribution in [-0.4, -0.2) is 49.7 Å². The molecule has 0 heterocycles. The van der Waals surface area contributed by atoms with E-state index in [2.05, 4.69) is 24.1 Å². The highest BCUT2D eigenvalue weighted by atomic mass is 16.2. The quantitative estimate of drug-likeness (QED) is 0.608. The average molecular weight is 230 g/mol. The van der Waals surface area contributed by atoms with Gasteiger partial charge in [0.05, 0.1) is 0 Å². The third-order valence-electron chi connectivity index (χ3n) is 2.32. The first-order valence-electron chi connectivity index (χ1n) is 5.90. The first kappa shape index (κ1) is 15.4. The predicted molar refractivity (Wildman–Crippen MR) is 66.3 cm³/mol. The van der Waals surface area contributed by atoms with Gasteiger partial charge in [-0.05, 0) is 32.4 Å². The van der Waals surface area contributed by atoms with E-state index in [1.165, 1.54) is 0 Å². The molecule has 4 nitrogen and oxygen atoms in total. The van der Waals surface area contributed by atoms with Crippen molar-refractivity contribution in [3.63, 3.8) is 0 Å². The van der Waals surface area contributed by atoms with Gasteiger partial charge in [0.1, 0.15) is 0 Å². The number of amides is 1. The first-order valence-corrected chi connectivity index (χ1v) is 5.90. The molecule has 2 N–H and O–H groups in total. The molecule has 0 radical (unpaired) electrons. The van der Waals surface area contributed by atoms with Crippen LogP contribution < -0.4 is 5.32 Å².